The third kappa shape index (κ3) is 6.37. The normalized spacial score (nSPS) is 13.9. The molecule has 2 N–H and O–H groups in total. The first-order valence-corrected chi connectivity index (χ1v) is 28.8. The molecule has 14 aromatic rings. The first kappa shape index (κ1) is 45.3. The highest BCUT2D eigenvalue weighted by molar-refractivity contribution is 7.26. The fraction of sp³-hybridized carbons (Fsp3) is 0.0270. The molecule has 0 amide bonds. The molecule has 2 aliphatic heterocycles. The summed E-state index contributed by atoms with van der Waals surface area (Å²) in [6.45, 7) is 0. The number of fused-ring (bicyclic) bond motifs is 24. The molecule has 0 saturated heterocycles. The van der Waals surface area contributed by atoms with Gasteiger partial charge in [0, 0.05) is 91.4 Å². The molecule has 6 heteroatoms. The van der Waals surface area contributed by atoms with Gasteiger partial charge in [0.2, 0.25) is 0 Å². The van der Waals surface area contributed by atoms with Gasteiger partial charge in [-0.2, -0.15) is 0 Å². The molecule has 2 spiro atoms. The van der Waals surface area contributed by atoms with Gasteiger partial charge in [0.05, 0.1) is 10.8 Å². The Balaban J connectivity index is 0.000000128. The maximum Gasteiger partial charge on any atom is 0.134 e. The molecule has 18 rings (SSSR count). The van der Waals surface area contributed by atoms with Crippen molar-refractivity contribution in [2.75, 3.05) is 10.6 Å². The molecule has 4 nitrogen and oxygen atoms in total. The van der Waals surface area contributed by atoms with E-state index in [1.165, 1.54) is 102 Å². The van der Waals surface area contributed by atoms with Crippen molar-refractivity contribution >= 4 is 85.8 Å². The minimum absolute atomic E-state index is 0.431. The van der Waals surface area contributed by atoms with Crippen LogP contribution < -0.4 is 20.1 Å². The lowest BCUT2D eigenvalue weighted by molar-refractivity contribution is 0.436. The number of para-hydroxylation sites is 2. The van der Waals surface area contributed by atoms with Gasteiger partial charge >= 0.3 is 0 Å². The number of hydrogen-bond acceptors (Lipinski definition) is 6. The maximum atomic E-state index is 6.68. The molecule has 0 bridgehead atoms. The minimum Gasteiger partial charge on any atom is -0.457 e. The predicted molar refractivity (Wildman–Crippen MR) is 333 cm³/mol. The molecule has 0 fully saturated rings. The zero-order valence-electron chi connectivity index (χ0n) is 43.0. The molecule has 4 aliphatic rings. The highest BCUT2D eigenvalue weighted by Gasteiger charge is 2.52. The summed E-state index contributed by atoms with van der Waals surface area (Å²) >= 11 is 3.68. The summed E-state index contributed by atoms with van der Waals surface area (Å²) in [5, 5.41) is 12.7. The van der Waals surface area contributed by atoms with Crippen molar-refractivity contribution in [1.29, 1.82) is 0 Å². The molecule has 2 aromatic heterocycles. The summed E-state index contributed by atoms with van der Waals surface area (Å²) in [6.07, 6.45) is 0. The van der Waals surface area contributed by atoms with Crippen LogP contribution in [0.1, 0.15) is 44.5 Å². The predicted octanol–water partition coefficient (Wildman–Crippen LogP) is 20.5. The summed E-state index contributed by atoms with van der Waals surface area (Å²) in [7, 11) is 0. The third-order valence-corrected chi connectivity index (χ3v) is 19.3. The zero-order valence-corrected chi connectivity index (χ0v) is 44.7. The first-order valence-electron chi connectivity index (χ1n) is 27.2. The maximum absolute atomic E-state index is 6.68. The second-order valence-electron chi connectivity index (χ2n) is 21.1. The summed E-state index contributed by atoms with van der Waals surface area (Å²) < 4.78 is 18.4. The van der Waals surface area contributed by atoms with E-state index in [0.717, 1.165) is 51.3 Å². The minimum atomic E-state index is -0.462. The second kappa shape index (κ2) is 17.4. The van der Waals surface area contributed by atoms with Gasteiger partial charge in [0.15, 0.2) is 0 Å². The molecule has 0 atom stereocenters. The quantitative estimate of drug-likeness (QED) is 0.184. The highest BCUT2D eigenvalue weighted by atomic mass is 32.1. The highest BCUT2D eigenvalue weighted by Crippen LogP contribution is 2.64. The van der Waals surface area contributed by atoms with E-state index in [4.69, 9.17) is 9.47 Å². The third-order valence-electron chi connectivity index (χ3n) is 17.1. The van der Waals surface area contributed by atoms with Crippen molar-refractivity contribution in [2.45, 2.75) is 10.8 Å². The van der Waals surface area contributed by atoms with Crippen molar-refractivity contribution in [3.8, 4) is 45.3 Å². The second-order valence-corrected chi connectivity index (χ2v) is 23.3. The van der Waals surface area contributed by atoms with Crippen LogP contribution in [0.5, 0.6) is 23.0 Å². The number of thiophene rings is 2. The van der Waals surface area contributed by atoms with Crippen LogP contribution in [0, 0.1) is 0 Å². The van der Waals surface area contributed by atoms with Gasteiger partial charge in [-0.05, 0) is 117 Å². The van der Waals surface area contributed by atoms with Crippen LogP contribution in [0.3, 0.4) is 0 Å². The Morgan fingerprint density at radius 3 is 1.14 bits per heavy atom. The Morgan fingerprint density at radius 2 is 0.625 bits per heavy atom. The van der Waals surface area contributed by atoms with E-state index in [2.05, 4.69) is 278 Å². The van der Waals surface area contributed by atoms with Crippen molar-refractivity contribution in [1.82, 2.24) is 0 Å². The molecule has 80 heavy (non-hydrogen) atoms. The Morgan fingerprint density at radius 1 is 0.263 bits per heavy atom. The topological polar surface area (TPSA) is 42.5 Å². The number of rotatable bonds is 4. The van der Waals surface area contributed by atoms with E-state index >= 15 is 0 Å². The largest absolute Gasteiger partial charge is 0.457 e. The van der Waals surface area contributed by atoms with Gasteiger partial charge in [-0.1, -0.05) is 188 Å². The monoisotopic (exact) mass is 1060 g/mol. The summed E-state index contributed by atoms with van der Waals surface area (Å²) in [5.41, 5.74) is 18.5. The van der Waals surface area contributed by atoms with E-state index in [1.54, 1.807) is 0 Å². The van der Waals surface area contributed by atoms with Crippen LogP contribution in [0.2, 0.25) is 0 Å². The molecule has 0 unspecified atom stereocenters. The average Bonchev–Trinajstić information content (AvgIpc) is 2.96. The lowest BCUT2D eigenvalue weighted by atomic mass is 9.66. The Hall–Kier alpha value is -9.72. The van der Waals surface area contributed by atoms with E-state index < -0.39 is 10.8 Å². The number of benzene rings is 12. The van der Waals surface area contributed by atoms with Crippen molar-refractivity contribution in [3.63, 3.8) is 0 Å². The van der Waals surface area contributed by atoms with Gasteiger partial charge < -0.3 is 20.1 Å². The summed E-state index contributed by atoms with van der Waals surface area (Å²) in [4.78, 5) is 0. The molecular formula is C74H46N2O2S2. The van der Waals surface area contributed by atoms with Crippen LogP contribution >= 0.6 is 22.7 Å². The lowest BCUT2D eigenvalue weighted by Crippen LogP contribution is -2.32. The lowest BCUT2D eigenvalue weighted by Gasteiger charge is -2.39. The Bertz CT molecular complexity index is 4800. The average molecular weight is 1060 g/mol. The van der Waals surface area contributed by atoms with Crippen molar-refractivity contribution < 1.29 is 9.47 Å². The number of ether oxygens (including phenoxy) is 2. The van der Waals surface area contributed by atoms with E-state index in [1.807, 2.05) is 22.7 Å². The molecule has 4 heterocycles. The smallest absolute Gasteiger partial charge is 0.134 e. The number of anilines is 4. The Kier molecular flexibility index (Phi) is 9.85. The molecule has 0 saturated carbocycles. The number of nitrogens with one attached hydrogen (secondary N) is 2. The van der Waals surface area contributed by atoms with Gasteiger partial charge in [-0.25, -0.2) is 0 Å². The first-order chi connectivity index (χ1) is 39.6. The standard InChI is InChI=1S/2C37H23NOS/c1-4-13-27-24(10-1)25-11-2-5-14-28(25)37(27)29-15-6-7-17-32(29)39-33-21-20-23(22-30(33)37)38-31-16-9-19-35-36(31)26-12-3-8-18-34(26)40-35;1-4-13-27-24(10-1)25-11-2-5-14-28(25)37(27)29-15-6-7-17-32(29)39-33-22-23(20-21-30(33)37)38-31-16-9-19-35-36(31)26-12-3-8-18-34(26)40-35/h2*1-22,38H. The van der Waals surface area contributed by atoms with Gasteiger partial charge in [-0.15, -0.1) is 22.7 Å². The van der Waals surface area contributed by atoms with E-state index in [0.29, 0.717) is 0 Å². The fourth-order valence-corrected chi connectivity index (χ4v) is 16.2. The molecule has 376 valence electrons. The molecular weight excluding hydrogens is 1010 g/mol. The van der Waals surface area contributed by atoms with Crippen LogP contribution in [-0.4, -0.2) is 0 Å². The van der Waals surface area contributed by atoms with Crippen LogP contribution in [-0.2, 0) is 10.8 Å². The molecule has 0 radical (unpaired) electrons. The van der Waals surface area contributed by atoms with Gasteiger partial charge in [-0.3, -0.25) is 0 Å². The van der Waals surface area contributed by atoms with E-state index in [9.17, 15) is 0 Å². The van der Waals surface area contributed by atoms with E-state index in [-0.39, 0.29) is 0 Å². The van der Waals surface area contributed by atoms with Gasteiger partial charge in [0.25, 0.3) is 0 Å². The zero-order chi connectivity index (χ0) is 52.5. The van der Waals surface area contributed by atoms with Crippen LogP contribution in [0.4, 0.5) is 22.7 Å². The Labute approximate surface area is 470 Å². The van der Waals surface area contributed by atoms with Crippen LogP contribution in [0.15, 0.2) is 267 Å². The SMILES string of the molecule is c1ccc2c(c1)Oc1cc(Nc3cccc4sc5ccccc5c34)ccc1C21c2ccccc2-c2ccccc21.c1ccc2c(c1)Oc1ccc(Nc3cccc4sc5ccccc5c34)cc1C21c2ccccc2-c2ccccc21. The van der Waals surface area contributed by atoms with Crippen molar-refractivity contribution in [3.05, 3.63) is 311 Å². The number of hydrogen-bond donors (Lipinski definition) is 2. The van der Waals surface area contributed by atoms with Gasteiger partial charge in [0.1, 0.15) is 23.0 Å². The van der Waals surface area contributed by atoms with Crippen molar-refractivity contribution in [2.24, 2.45) is 0 Å². The molecule has 2 aliphatic carbocycles. The van der Waals surface area contributed by atoms with Crippen LogP contribution in [0.25, 0.3) is 62.6 Å². The fourth-order valence-electron chi connectivity index (χ4n) is 13.9. The molecule has 12 aromatic carbocycles. The summed E-state index contributed by atoms with van der Waals surface area (Å²) in [5.74, 6) is 3.61. The summed E-state index contributed by atoms with van der Waals surface area (Å²) in [6, 6.07) is 96.0.